The Morgan fingerprint density at radius 3 is 1.56 bits per heavy atom. The molecule has 9 rings (SSSR count). The molecule has 0 saturated carbocycles. The maximum absolute atomic E-state index is 5.00. The fraction of sp³-hybridized carbons (Fsp3) is 0.158. The molecule has 4 nitrogen and oxygen atoms in total. The molecular formula is C57H52N4S. The van der Waals surface area contributed by atoms with Crippen molar-refractivity contribution in [2.24, 2.45) is 0 Å². The second-order valence-electron chi connectivity index (χ2n) is 18.1. The molecule has 2 heterocycles. The fourth-order valence-electron chi connectivity index (χ4n) is 8.52. The summed E-state index contributed by atoms with van der Waals surface area (Å²) in [6.07, 6.45) is 6.23. The Hall–Kier alpha value is -6.82. The molecular weight excluding hydrogens is 773 g/mol. The number of nitrogens with zero attached hydrogens (tertiary/aromatic N) is 4. The van der Waals surface area contributed by atoms with Gasteiger partial charge in [-0.15, -0.1) is 0 Å². The van der Waals surface area contributed by atoms with Crippen molar-refractivity contribution in [3.05, 3.63) is 193 Å². The number of aromatic nitrogens is 3. The van der Waals surface area contributed by atoms with E-state index in [1.807, 2.05) is 6.08 Å². The van der Waals surface area contributed by atoms with Gasteiger partial charge in [0.05, 0.1) is 28.6 Å². The summed E-state index contributed by atoms with van der Waals surface area (Å²) in [5.41, 5.74) is 18.9. The quantitative estimate of drug-likeness (QED) is 0.145. The van der Waals surface area contributed by atoms with Crippen LogP contribution in [0.3, 0.4) is 0 Å². The lowest BCUT2D eigenvalue weighted by atomic mass is 9.86. The van der Waals surface area contributed by atoms with Crippen LogP contribution in [0.2, 0.25) is 0 Å². The molecule has 7 aromatic carbocycles. The molecule has 0 radical (unpaired) electrons. The van der Waals surface area contributed by atoms with Crippen molar-refractivity contribution < 1.29 is 0 Å². The van der Waals surface area contributed by atoms with Gasteiger partial charge in [-0.1, -0.05) is 157 Å². The standard InChI is InChI=1S/C57H52N4S/c1-9-14-51-48(10-2)50-37-42(25-35-52(50)61(51)45-15-12-11-13-16-45)49-34-36-53(55-54(49)58-62-59-55)60(46-30-21-40(22-31-46)38-17-26-43(27-18-38)56(3,4)5)47-32-23-41(24-33-47)39-19-28-44(29-20-39)57(6,7)8/h9-37H,2H2,1,3-8H3/b14-9-. The smallest absolute Gasteiger partial charge is 0.129 e. The molecule has 0 amide bonds. The largest absolute Gasteiger partial charge is 0.309 e. The van der Waals surface area contributed by atoms with Crippen molar-refractivity contribution in [3.63, 3.8) is 0 Å². The summed E-state index contributed by atoms with van der Waals surface area (Å²) in [5.74, 6) is 0. The predicted octanol–water partition coefficient (Wildman–Crippen LogP) is 16.4. The van der Waals surface area contributed by atoms with Gasteiger partial charge in [-0.3, -0.25) is 0 Å². The van der Waals surface area contributed by atoms with Crippen LogP contribution >= 0.6 is 11.7 Å². The summed E-state index contributed by atoms with van der Waals surface area (Å²) >= 11 is 1.25. The Morgan fingerprint density at radius 1 is 0.565 bits per heavy atom. The first-order chi connectivity index (χ1) is 29.9. The van der Waals surface area contributed by atoms with Crippen LogP contribution in [-0.2, 0) is 10.8 Å². The van der Waals surface area contributed by atoms with Gasteiger partial charge in [0, 0.05) is 33.6 Å². The Bertz CT molecular complexity index is 2960. The minimum Gasteiger partial charge on any atom is -0.309 e. The van der Waals surface area contributed by atoms with E-state index >= 15 is 0 Å². The van der Waals surface area contributed by atoms with Crippen LogP contribution in [0, 0.1) is 0 Å². The Kier molecular flexibility index (Phi) is 10.6. The zero-order valence-electron chi connectivity index (χ0n) is 36.6. The summed E-state index contributed by atoms with van der Waals surface area (Å²) in [6, 6.07) is 57.3. The average Bonchev–Trinajstić information content (AvgIpc) is 3.90. The van der Waals surface area contributed by atoms with Crippen LogP contribution in [0.5, 0.6) is 0 Å². The van der Waals surface area contributed by atoms with Crippen molar-refractivity contribution in [3.8, 4) is 39.1 Å². The first-order valence-corrected chi connectivity index (χ1v) is 22.1. The topological polar surface area (TPSA) is 34.0 Å². The average molecular weight is 825 g/mol. The summed E-state index contributed by atoms with van der Waals surface area (Å²) in [4.78, 5) is 2.31. The van der Waals surface area contributed by atoms with Gasteiger partial charge in [0.15, 0.2) is 0 Å². The predicted molar refractivity (Wildman–Crippen MR) is 267 cm³/mol. The zero-order chi connectivity index (χ0) is 43.2. The Balaban J connectivity index is 1.15. The van der Waals surface area contributed by atoms with E-state index in [1.165, 1.54) is 45.1 Å². The van der Waals surface area contributed by atoms with Gasteiger partial charge in [0.25, 0.3) is 0 Å². The summed E-state index contributed by atoms with van der Waals surface area (Å²) in [5, 5.41) is 1.14. The molecule has 2 aromatic heterocycles. The van der Waals surface area contributed by atoms with Crippen LogP contribution < -0.4 is 4.90 Å². The third kappa shape index (κ3) is 7.58. The lowest BCUT2D eigenvalue weighted by Crippen LogP contribution is -2.11. The number of para-hydroxylation sites is 1. The van der Waals surface area contributed by atoms with Gasteiger partial charge < -0.3 is 9.47 Å². The van der Waals surface area contributed by atoms with E-state index in [1.54, 1.807) is 0 Å². The highest BCUT2D eigenvalue weighted by atomic mass is 32.1. The Morgan fingerprint density at radius 2 is 1.06 bits per heavy atom. The molecule has 0 bridgehead atoms. The van der Waals surface area contributed by atoms with Crippen LogP contribution in [0.4, 0.5) is 17.1 Å². The molecule has 0 atom stereocenters. The van der Waals surface area contributed by atoms with Crippen molar-refractivity contribution in [1.82, 2.24) is 13.3 Å². The lowest BCUT2D eigenvalue weighted by Gasteiger charge is -2.26. The van der Waals surface area contributed by atoms with E-state index in [-0.39, 0.29) is 10.8 Å². The molecule has 0 fully saturated rings. The number of benzene rings is 7. The van der Waals surface area contributed by atoms with Crippen molar-refractivity contribution in [2.75, 3.05) is 4.90 Å². The van der Waals surface area contributed by atoms with Crippen LogP contribution in [-0.4, -0.2) is 13.3 Å². The zero-order valence-corrected chi connectivity index (χ0v) is 37.5. The highest BCUT2D eigenvalue weighted by molar-refractivity contribution is 7.00. The molecule has 0 aliphatic carbocycles. The molecule has 0 aliphatic heterocycles. The molecule has 0 spiro atoms. The molecule has 306 valence electrons. The number of fused-ring (bicyclic) bond motifs is 2. The number of rotatable bonds is 9. The monoisotopic (exact) mass is 824 g/mol. The SMILES string of the molecule is C=Cc1c(/C=C\C)n(-c2ccccc2)c2ccc(-c3ccc(N(c4ccc(-c5ccc(C(C)(C)C)cc5)cc4)c4ccc(-c5ccc(C(C)(C)C)cc5)cc4)c4nsnc34)cc12. The molecule has 0 aliphatic rings. The highest BCUT2D eigenvalue weighted by Crippen LogP contribution is 2.43. The van der Waals surface area contributed by atoms with E-state index in [2.05, 4.69) is 234 Å². The third-order valence-corrected chi connectivity index (χ3v) is 12.5. The molecule has 62 heavy (non-hydrogen) atoms. The second kappa shape index (κ2) is 16.2. The maximum Gasteiger partial charge on any atom is 0.129 e. The van der Waals surface area contributed by atoms with E-state index in [9.17, 15) is 0 Å². The van der Waals surface area contributed by atoms with Crippen LogP contribution in [0.1, 0.15) is 70.9 Å². The lowest BCUT2D eigenvalue weighted by molar-refractivity contribution is 0.590. The number of hydrogen-bond donors (Lipinski definition) is 0. The fourth-order valence-corrected chi connectivity index (χ4v) is 9.09. The molecule has 5 heteroatoms. The molecule has 0 N–H and O–H groups in total. The van der Waals surface area contributed by atoms with Gasteiger partial charge in [0.1, 0.15) is 11.0 Å². The van der Waals surface area contributed by atoms with Crippen molar-refractivity contribution >= 4 is 62.9 Å². The Labute approximate surface area is 370 Å². The van der Waals surface area contributed by atoms with E-state index in [0.717, 1.165) is 67.1 Å². The van der Waals surface area contributed by atoms with Crippen molar-refractivity contribution in [1.29, 1.82) is 0 Å². The van der Waals surface area contributed by atoms with E-state index in [0.29, 0.717) is 0 Å². The number of hydrogen-bond acceptors (Lipinski definition) is 4. The first-order valence-electron chi connectivity index (χ1n) is 21.4. The van der Waals surface area contributed by atoms with Crippen LogP contribution in [0.25, 0.3) is 73.2 Å². The van der Waals surface area contributed by atoms with E-state index in [4.69, 9.17) is 8.75 Å². The number of anilines is 3. The van der Waals surface area contributed by atoms with Gasteiger partial charge >= 0.3 is 0 Å². The second-order valence-corrected chi connectivity index (χ2v) is 18.6. The van der Waals surface area contributed by atoms with Crippen molar-refractivity contribution in [2.45, 2.75) is 59.3 Å². The summed E-state index contributed by atoms with van der Waals surface area (Å²) in [6.45, 7) is 19.8. The number of allylic oxidation sites excluding steroid dienone is 1. The molecule has 9 aromatic rings. The summed E-state index contributed by atoms with van der Waals surface area (Å²) in [7, 11) is 0. The minimum absolute atomic E-state index is 0.102. The van der Waals surface area contributed by atoms with Gasteiger partial charge in [-0.05, 0) is 123 Å². The third-order valence-electron chi connectivity index (χ3n) is 12.0. The summed E-state index contributed by atoms with van der Waals surface area (Å²) < 4.78 is 12.3. The van der Waals surface area contributed by atoms with Gasteiger partial charge in [-0.2, -0.15) is 8.75 Å². The van der Waals surface area contributed by atoms with E-state index < -0.39 is 0 Å². The molecule has 0 unspecified atom stereocenters. The maximum atomic E-state index is 5.00. The first kappa shape index (κ1) is 40.6. The minimum atomic E-state index is 0.102. The van der Waals surface area contributed by atoms with Crippen LogP contribution in [0.15, 0.2) is 170 Å². The van der Waals surface area contributed by atoms with Gasteiger partial charge in [-0.25, -0.2) is 0 Å². The highest BCUT2D eigenvalue weighted by Gasteiger charge is 2.22. The normalized spacial score (nSPS) is 12.1. The molecule has 0 saturated heterocycles. The van der Waals surface area contributed by atoms with Gasteiger partial charge in [0.2, 0.25) is 0 Å².